The Hall–Kier alpha value is -2.86. The van der Waals surface area contributed by atoms with E-state index in [0.29, 0.717) is 10.1 Å². The van der Waals surface area contributed by atoms with Crippen LogP contribution < -0.4 is 4.90 Å². The fraction of sp³-hybridized carbons (Fsp3) is 0.190. The lowest BCUT2D eigenvalue weighted by molar-refractivity contribution is -0.122. The smallest absolute Gasteiger partial charge is 0.287 e. The van der Waals surface area contributed by atoms with Gasteiger partial charge in [-0.3, -0.25) is 9.79 Å². The molecule has 1 heterocycles. The van der Waals surface area contributed by atoms with Gasteiger partial charge in [-0.15, -0.1) is 0 Å². The normalized spacial score (nSPS) is 17.5. The number of hydrogen-bond acceptors (Lipinski definition) is 5. The molecule has 1 amide bonds. The SMILES string of the molecule is CN=C1S/C(=C/c2ccc(N(C)C)cc2)C(=O)N1/N=C/c1ccc(C)cc1. The maximum Gasteiger partial charge on any atom is 0.287 e. The summed E-state index contributed by atoms with van der Waals surface area (Å²) in [6.07, 6.45) is 3.55. The van der Waals surface area contributed by atoms with Crippen LogP contribution in [0.5, 0.6) is 0 Å². The van der Waals surface area contributed by atoms with Crippen LogP contribution in [-0.4, -0.2) is 43.4 Å². The zero-order chi connectivity index (χ0) is 19.4. The summed E-state index contributed by atoms with van der Waals surface area (Å²) < 4.78 is 0. The highest BCUT2D eigenvalue weighted by molar-refractivity contribution is 8.18. The summed E-state index contributed by atoms with van der Waals surface area (Å²) in [5, 5.41) is 6.27. The molecule has 0 aliphatic carbocycles. The van der Waals surface area contributed by atoms with Crippen molar-refractivity contribution in [3.8, 4) is 0 Å². The molecule has 2 aromatic rings. The van der Waals surface area contributed by atoms with Crippen molar-refractivity contribution in [2.75, 3.05) is 26.0 Å². The number of aliphatic imine (C=N–C) groups is 1. The lowest BCUT2D eigenvalue weighted by atomic mass is 10.2. The summed E-state index contributed by atoms with van der Waals surface area (Å²) >= 11 is 1.33. The summed E-state index contributed by atoms with van der Waals surface area (Å²) in [4.78, 5) is 19.6. The fourth-order valence-corrected chi connectivity index (χ4v) is 3.38. The predicted molar refractivity (Wildman–Crippen MR) is 115 cm³/mol. The Kier molecular flexibility index (Phi) is 5.76. The second-order valence-corrected chi connectivity index (χ2v) is 7.38. The van der Waals surface area contributed by atoms with Gasteiger partial charge in [-0.05, 0) is 48.0 Å². The molecule has 0 unspecified atom stereocenters. The van der Waals surface area contributed by atoms with E-state index in [2.05, 4.69) is 10.1 Å². The molecule has 0 spiro atoms. The van der Waals surface area contributed by atoms with Crippen LogP contribution >= 0.6 is 11.8 Å². The first-order valence-corrected chi connectivity index (χ1v) is 9.38. The Bertz CT molecular complexity index is 912. The van der Waals surface area contributed by atoms with Crippen molar-refractivity contribution in [2.24, 2.45) is 10.1 Å². The van der Waals surface area contributed by atoms with Crippen molar-refractivity contribution in [1.29, 1.82) is 0 Å². The minimum atomic E-state index is -0.166. The Morgan fingerprint density at radius 1 is 1.00 bits per heavy atom. The molecule has 6 heteroatoms. The second kappa shape index (κ2) is 8.22. The highest BCUT2D eigenvalue weighted by atomic mass is 32.2. The van der Waals surface area contributed by atoms with Crippen LogP contribution in [0.4, 0.5) is 5.69 Å². The molecule has 1 aliphatic heterocycles. The predicted octanol–water partition coefficient (Wildman–Crippen LogP) is 4.00. The number of carbonyl (C=O) groups excluding carboxylic acids is 1. The maximum absolute atomic E-state index is 12.8. The van der Waals surface area contributed by atoms with Crippen LogP contribution in [-0.2, 0) is 4.79 Å². The number of rotatable bonds is 4. The zero-order valence-electron chi connectivity index (χ0n) is 15.9. The highest BCUT2D eigenvalue weighted by Crippen LogP contribution is 2.32. The first-order valence-electron chi connectivity index (χ1n) is 8.57. The van der Waals surface area contributed by atoms with Gasteiger partial charge >= 0.3 is 0 Å². The monoisotopic (exact) mass is 378 g/mol. The molecule has 27 heavy (non-hydrogen) atoms. The Morgan fingerprint density at radius 3 is 2.22 bits per heavy atom. The third kappa shape index (κ3) is 4.46. The van der Waals surface area contributed by atoms with Gasteiger partial charge in [0.05, 0.1) is 11.1 Å². The average molecular weight is 379 g/mol. The molecule has 0 atom stereocenters. The van der Waals surface area contributed by atoms with Gasteiger partial charge in [0.15, 0.2) is 5.17 Å². The average Bonchev–Trinajstić information content (AvgIpc) is 2.97. The summed E-state index contributed by atoms with van der Waals surface area (Å²) in [6, 6.07) is 16.0. The topological polar surface area (TPSA) is 48.3 Å². The molecule has 0 radical (unpaired) electrons. The second-order valence-electron chi connectivity index (χ2n) is 6.37. The van der Waals surface area contributed by atoms with E-state index < -0.39 is 0 Å². The molecule has 5 nitrogen and oxygen atoms in total. The number of thioether (sulfide) groups is 1. The number of amides is 1. The van der Waals surface area contributed by atoms with Crippen LogP contribution in [0.1, 0.15) is 16.7 Å². The van der Waals surface area contributed by atoms with Crippen LogP contribution in [0.2, 0.25) is 0 Å². The molecule has 0 N–H and O–H groups in total. The molecule has 1 fully saturated rings. The standard InChI is InChI=1S/C21H22N4OS/c1-15-5-7-17(8-6-15)14-23-25-20(26)19(27-21(25)22-2)13-16-9-11-18(12-10-16)24(3)4/h5-14H,1-4H3/b19-13+,22-21?,23-14+. The van der Waals surface area contributed by atoms with Gasteiger partial charge in [-0.2, -0.15) is 10.1 Å². The van der Waals surface area contributed by atoms with Gasteiger partial charge in [0.25, 0.3) is 5.91 Å². The van der Waals surface area contributed by atoms with E-state index in [9.17, 15) is 4.79 Å². The van der Waals surface area contributed by atoms with Crippen molar-refractivity contribution in [2.45, 2.75) is 6.92 Å². The minimum absolute atomic E-state index is 0.166. The minimum Gasteiger partial charge on any atom is -0.378 e. The van der Waals surface area contributed by atoms with Crippen LogP contribution in [0.3, 0.4) is 0 Å². The first-order chi connectivity index (χ1) is 13.0. The van der Waals surface area contributed by atoms with Crippen LogP contribution in [0.25, 0.3) is 6.08 Å². The number of amidine groups is 1. The lowest BCUT2D eigenvalue weighted by Crippen LogP contribution is -2.23. The van der Waals surface area contributed by atoms with Crippen molar-refractivity contribution in [3.63, 3.8) is 0 Å². The molecular weight excluding hydrogens is 356 g/mol. The van der Waals surface area contributed by atoms with Gasteiger partial charge in [0.2, 0.25) is 0 Å². The number of nitrogens with zero attached hydrogens (tertiary/aromatic N) is 4. The van der Waals surface area contributed by atoms with Crippen molar-refractivity contribution >= 4 is 40.8 Å². The van der Waals surface area contributed by atoms with E-state index in [0.717, 1.165) is 16.8 Å². The molecule has 1 saturated heterocycles. The fourth-order valence-electron chi connectivity index (χ4n) is 2.51. The number of carbonyl (C=O) groups is 1. The van der Waals surface area contributed by atoms with Crippen LogP contribution in [0, 0.1) is 6.92 Å². The van der Waals surface area contributed by atoms with Crippen molar-refractivity contribution in [3.05, 3.63) is 70.1 Å². The number of aryl methyl sites for hydroxylation is 1. The van der Waals surface area contributed by atoms with Gasteiger partial charge in [-0.25, -0.2) is 0 Å². The summed E-state index contributed by atoms with van der Waals surface area (Å²) in [5.41, 5.74) is 4.20. The van der Waals surface area contributed by atoms with E-state index in [4.69, 9.17) is 0 Å². The van der Waals surface area contributed by atoms with E-state index in [1.807, 2.05) is 80.5 Å². The van der Waals surface area contributed by atoms with E-state index in [1.165, 1.54) is 22.3 Å². The molecule has 0 aromatic heterocycles. The van der Waals surface area contributed by atoms with Gasteiger partial charge in [-0.1, -0.05) is 42.0 Å². The van der Waals surface area contributed by atoms with Gasteiger partial charge in [0.1, 0.15) is 0 Å². The third-order valence-electron chi connectivity index (χ3n) is 4.08. The number of benzene rings is 2. The quantitative estimate of drug-likeness (QED) is 0.597. The van der Waals surface area contributed by atoms with Crippen LogP contribution in [0.15, 0.2) is 63.5 Å². The zero-order valence-corrected chi connectivity index (χ0v) is 16.7. The largest absolute Gasteiger partial charge is 0.378 e. The molecular formula is C21H22N4OS. The molecule has 138 valence electrons. The van der Waals surface area contributed by atoms with E-state index in [1.54, 1.807) is 13.3 Å². The molecule has 0 bridgehead atoms. The first kappa shape index (κ1) is 18.9. The summed E-state index contributed by atoms with van der Waals surface area (Å²) in [6.45, 7) is 2.03. The Labute approximate surface area is 164 Å². The molecule has 3 rings (SSSR count). The van der Waals surface area contributed by atoms with Gasteiger partial charge < -0.3 is 4.90 Å². The number of anilines is 1. The molecule has 1 aliphatic rings. The van der Waals surface area contributed by atoms with E-state index >= 15 is 0 Å². The lowest BCUT2D eigenvalue weighted by Gasteiger charge is -2.11. The van der Waals surface area contributed by atoms with E-state index in [-0.39, 0.29) is 5.91 Å². The van der Waals surface area contributed by atoms with Gasteiger partial charge in [0, 0.05) is 26.8 Å². The summed E-state index contributed by atoms with van der Waals surface area (Å²) in [7, 11) is 5.66. The molecule has 2 aromatic carbocycles. The van der Waals surface area contributed by atoms with Crippen molar-refractivity contribution in [1.82, 2.24) is 5.01 Å². The summed E-state index contributed by atoms with van der Waals surface area (Å²) in [5.74, 6) is -0.166. The highest BCUT2D eigenvalue weighted by Gasteiger charge is 2.33. The Morgan fingerprint density at radius 2 is 1.63 bits per heavy atom. The Balaban J connectivity index is 1.81. The molecule has 0 saturated carbocycles. The number of hydrazone groups is 1. The maximum atomic E-state index is 12.8. The van der Waals surface area contributed by atoms with Crippen molar-refractivity contribution < 1.29 is 4.79 Å². The number of hydrogen-bond donors (Lipinski definition) is 0. The third-order valence-corrected chi connectivity index (χ3v) is 5.13.